The molecule has 0 atom stereocenters. The van der Waals surface area contributed by atoms with Crippen LogP contribution in [0.15, 0.2) is 48.5 Å². The lowest BCUT2D eigenvalue weighted by Crippen LogP contribution is -2.32. The summed E-state index contributed by atoms with van der Waals surface area (Å²) in [6, 6.07) is 12.8. The van der Waals surface area contributed by atoms with Crippen LogP contribution in [0.3, 0.4) is 0 Å². The Labute approximate surface area is 133 Å². The fraction of sp³-hybridized carbons (Fsp3) is 0.222. The van der Waals surface area contributed by atoms with Crippen LogP contribution in [0.4, 0.5) is 4.39 Å². The van der Waals surface area contributed by atoms with E-state index in [2.05, 4.69) is 0 Å². The van der Waals surface area contributed by atoms with Crippen LogP contribution in [-0.4, -0.2) is 22.8 Å². The van der Waals surface area contributed by atoms with Crippen molar-refractivity contribution in [1.82, 2.24) is 4.90 Å². The minimum atomic E-state index is -0.480. The molecule has 4 nitrogen and oxygen atoms in total. The van der Waals surface area contributed by atoms with E-state index >= 15 is 0 Å². The zero-order chi connectivity index (χ0) is 16.4. The van der Waals surface area contributed by atoms with Gasteiger partial charge in [-0.1, -0.05) is 18.2 Å². The van der Waals surface area contributed by atoms with Crippen molar-refractivity contribution in [3.8, 4) is 0 Å². The van der Waals surface area contributed by atoms with E-state index < -0.39 is 11.7 Å². The molecule has 0 aliphatic heterocycles. The third kappa shape index (κ3) is 3.56. The smallest absolute Gasteiger partial charge is 0.254 e. The molecule has 118 valence electrons. The SMILES string of the molecule is NC(=O)c1ccc(CN(C(=O)c2cccc(F)c2)C2CC2)cc1. The average Bonchev–Trinajstić information content (AvgIpc) is 3.37. The Morgan fingerprint density at radius 2 is 1.78 bits per heavy atom. The number of halogens is 1. The van der Waals surface area contributed by atoms with Crippen molar-refractivity contribution in [3.63, 3.8) is 0 Å². The zero-order valence-electron chi connectivity index (χ0n) is 12.5. The van der Waals surface area contributed by atoms with Gasteiger partial charge in [-0.3, -0.25) is 9.59 Å². The summed E-state index contributed by atoms with van der Waals surface area (Å²) in [5.41, 5.74) is 6.92. The van der Waals surface area contributed by atoms with Crippen molar-refractivity contribution in [2.45, 2.75) is 25.4 Å². The van der Waals surface area contributed by atoms with Gasteiger partial charge in [0.15, 0.2) is 0 Å². The number of rotatable bonds is 5. The van der Waals surface area contributed by atoms with E-state index in [1.165, 1.54) is 18.2 Å². The molecule has 5 heteroatoms. The Morgan fingerprint density at radius 1 is 1.09 bits per heavy atom. The molecule has 0 bridgehead atoms. The summed E-state index contributed by atoms with van der Waals surface area (Å²) >= 11 is 0. The summed E-state index contributed by atoms with van der Waals surface area (Å²) in [5.74, 6) is -1.07. The van der Waals surface area contributed by atoms with Crippen LogP contribution < -0.4 is 5.73 Å². The largest absolute Gasteiger partial charge is 0.366 e. The monoisotopic (exact) mass is 312 g/mol. The maximum absolute atomic E-state index is 13.3. The van der Waals surface area contributed by atoms with Crippen molar-refractivity contribution in [2.75, 3.05) is 0 Å². The number of hydrogen-bond acceptors (Lipinski definition) is 2. The van der Waals surface area contributed by atoms with Gasteiger partial charge in [-0.2, -0.15) is 0 Å². The summed E-state index contributed by atoms with van der Waals surface area (Å²) in [6.45, 7) is 0.430. The van der Waals surface area contributed by atoms with Gasteiger partial charge in [0, 0.05) is 23.7 Å². The Bertz CT molecular complexity index is 739. The molecular formula is C18H17FN2O2. The molecule has 0 unspecified atom stereocenters. The van der Waals surface area contributed by atoms with Crippen LogP contribution in [0.5, 0.6) is 0 Å². The third-order valence-electron chi connectivity index (χ3n) is 3.91. The maximum Gasteiger partial charge on any atom is 0.254 e. The number of nitrogens with two attached hydrogens (primary N) is 1. The second-order valence-electron chi connectivity index (χ2n) is 5.74. The van der Waals surface area contributed by atoms with Gasteiger partial charge in [-0.25, -0.2) is 4.39 Å². The van der Waals surface area contributed by atoms with Gasteiger partial charge in [-0.15, -0.1) is 0 Å². The minimum Gasteiger partial charge on any atom is -0.366 e. The predicted octanol–water partition coefficient (Wildman–Crippen LogP) is 2.73. The first-order valence-electron chi connectivity index (χ1n) is 7.50. The van der Waals surface area contributed by atoms with Gasteiger partial charge in [0.2, 0.25) is 5.91 Å². The van der Waals surface area contributed by atoms with E-state index in [0.29, 0.717) is 17.7 Å². The Morgan fingerprint density at radius 3 is 2.35 bits per heavy atom. The van der Waals surface area contributed by atoms with Gasteiger partial charge in [-0.05, 0) is 48.7 Å². The number of carbonyl (C=O) groups excluding carboxylic acids is 2. The summed E-state index contributed by atoms with van der Waals surface area (Å²) in [7, 11) is 0. The van der Waals surface area contributed by atoms with Crippen molar-refractivity contribution >= 4 is 11.8 Å². The molecule has 2 amide bonds. The summed E-state index contributed by atoms with van der Waals surface area (Å²) < 4.78 is 13.3. The first kappa shape index (κ1) is 15.2. The molecule has 1 fully saturated rings. The summed E-state index contributed by atoms with van der Waals surface area (Å²) in [6.07, 6.45) is 1.92. The number of primary amides is 1. The number of benzene rings is 2. The highest BCUT2D eigenvalue weighted by Gasteiger charge is 2.33. The van der Waals surface area contributed by atoms with Gasteiger partial charge in [0.05, 0.1) is 0 Å². The maximum atomic E-state index is 13.3. The Balaban J connectivity index is 1.79. The van der Waals surface area contributed by atoms with Crippen LogP contribution in [0.2, 0.25) is 0 Å². The summed E-state index contributed by atoms with van der Waals surface area (Å²) in [4.78, 5) is 25.5. The molecule has 2 aromatic carbocycles. The molecule has 1 aliphatic rings. The Kier molecular flexibility index (Phi) is 4.10. The van der Waals surface area contributed by atoms with Crippen molar-refractivity contribution < 1.29 is 14.0 Å². The third-order valence-corrected chi connectivity index (χ3v) is 3.91. The summed E-state index contributed by atoms with van der Waals surface area (Å²) in [5, 5.41) is 0. The fourth-order valence-corrected chi connectivity index (χ4v) is 2.51. The molecule has 0 saturated heterocycles. The molecule has 1 saturated carbocycles. The van der Waals surface area contributed by atoms with E-state index in [1.807, 2.05) is 0 Å². The topological polar surface area (TPSA) is 63.4 Å². The van der Waals surface area contributed by atoms with Gasteiger partial charge in [0.25, 0.3) is 5.91 Å². The van der Waals surface area contributed by atoms with E-state index in [1.54, 1.807) is 35.2 Å². The Hall–Kier alpha value is -2.69. The number of amides is 2. The molecule has 23 heavy (non-hydrogen) atoms. The minimum absolute atomic E-state index is 0.175. The molecule has 0 spiro atoms. The number of hydrogen-bond donors (Lipinski definition) is 1. The molecule has 2 N–H and O–H groups in total. The average molecular weight is 312 g/mol. The first-order chi connectivity index (χ1) is 11.0. The molecular weight excluding hydrogens is 295 g/mol. The van der Waals surface area contributed by atoms with Gasteiger partial charge >= 0.3 is 0 Å². The second kappa shape index (κ2) is 6.20. The van der Waals surface area contributed by atoms with E-state index in [-0.39, 0.29) is 11.9 Å². The fourth-order valence-electron chi connectivity index (χ4n) is 2.51. The van der Waals surface area contributed by atoms with Crippen LogP contribution in [0.1, 0.15) is 39.1 Å². The van der Waals surface area contributed by atoms with E-state index in [0.717, 1.165) is 18.4 Å². The van der Waals surface area contributed by atoms with Crippen LogP contribution in [0, 0.1) is 5.82 Å². The highest BCUT2D eigenvalue weighted by molar-refractivity contribution is 5.94. The van der Waals surface area contributed by atoms with Crippen molar-refractivity contribution in [3.05, 3.63) is 71.0 Å². The predicted molar refractivity (Wildman–Crippen MR) is 84.3 cm³/mol. The molecule has 2 aromatic rings. The van der Waals surface area contributed by atoms with Gasteiger partial charge < -0.3 is 10.6 Å². The van der Waals surface area contributed by atoms with Crippen molar-refractivity contribution in [1.29, 1.82) is 0 Å². The standard InChI is InChI=1S/C18H17FN2O2/c19-15-3-1-2-14(10-15)18(23)21(16-8-9-16)11-12-4-6-13(7-5-12)17(20)22/h1-7,10,16H,8-9,11H2,(H2,20,22). The normalized spacial score (nSPS) is 13.6. The highest BCUT2D eigenvalue weighted by atomic mass is 19.1. The number of carbonyl (C=O) groups is 2. The molecule has 3 rings (SSSR count). The lowest BCUT2D eigenvalue weighted by Gasteiger charge is -2.23. The van der Waals surface area contributed by atoms with Crippen molar-refractivity contribution in [2.24, 2.45) is 5.73 Å². The number of nitrogens with zero attached hydrogens (tertiary/aromatic N) is 1. The lowest BCUT2D eigenvalue weighted by molar-refractivity contribution is 0.0729. The lowest BCUT2D eigenvalue weighted by atomic mass is 10.1. The zero-order valence-corrected chi connectivity index (χ0v) is 12.5. The van der Waals surface area contributed by atoms with Crippen LogP contribution >= 0.6 is 0 Å². The molecule has 0 heterocycles. The van der Waals surface area contributed by atoms with Gasteiger partial charge in [0.1, 0.15) is 5.82 Å². The quantitative estimate of drug-likeness (QED) is 0.922. The second-order valence-corrected chi connectivity index (χ2v) is 5.74. The van der Waals surface area contributed by atoms with E-state index in [4.69, 9.17) is 5.73 Å². The molecule has 0 radical (unpaired) electrons. The van der Waals surface area contributed by atoms with Crippen LogP contribution in [-0.2, 0) is 6.54 Å². The highest BCUT2D eigenvalue weighted by Crippen LogP contribution is 2.30. The van der Waals surface area contributed by atoms with E-state index in [9.17, 15) is 14.0 Å². The van der Waals surface area contributed by atoms with Crippen LogP contribution in [0.25, 0.3) is 0 Å². The molecule has 1 aliphatic carbocycles. The molecule has 0 aromatic heterocycles. The first-order valence-corrected chi connectivity index (χ1v) is 7.50.